The summed E-state index contributed by atoms with van der Waals surface area (Å²) in [4.78, 5) is 22.4. The van der Waals surface area contributed by atoms with E-state index >= 15 is 0 Å². The fourth-order valence-corrected chi connectivity index (χ4v) is 1.18. The zero-order chi connectivity index (χ0) is 13.1. The van der Waals surface area contributed by atoms with Gasteiger partial charge in [0.05, 0.1) is 6.20 Å². The molecule has 1 aromatic rings. The van der Waals surface area contributed by atoms with Crippen molar-refractivity contribution in [1.29, 1.82) is 0 Å². The molecule has 6 nitrogen and oxygen atoms in total. The molecule has 94 valence electrons. The molecule has 0 fully saturated rings. The zero-order valence-electron chi connectivity index (χ0n) is 10.6. The Bertz CT molecular complexity index is 411. The van der Waals surface area contributed by atoms with E-state index in [-0.39, 0.29) is 17.1 Å². The maximum Gasteiger partial charge on any atom is 0.245 e. The predicted octanol–water partition coefficient (Wildman–Crippen LogP) is 0.956. The molecule has 1 amide bonds. The summed E-state index contributed by atoms with van der Waals surface area (Å²) in [5.41, 5.74) is -0.0289. The van der Waals surface area contributed by atoms with Gasteiger partial charge in [-0.05, 0) is 27.2 Å². The van der Waals surface area contributed by atoms with Crippen molar-refractivity contribution in [1.82, 2.24) is 20.3 Å². The van der Waals surface area contributed by atoms with Crippen LogP contribution in [-0.4, -0.2) is 32.7 Å². The van der Waals surface area contributed by atoms with Gasteiger partial charge < -0.3 is 5.32 Å². The predicted molar refractivity (Wildman–Crippen MR) is 62.6 cm³/mol. The molecule has 0 aliphatic rings. The van der Waals surface area contributed by atoms with Crippen LogP contribution in [-0.2, 0) is 4.79 Å². The van der Waals surface area contributed by atoms with Crippen LogP contribution in [0.25, 0.3) is 0 Å². The monoisotopic (exact) mass is 238 g/mol. The van der Waals surface area contributed by atoms with E-state index in [1.54, 1.807) is 6.92 Å². The van der Waals surface area contributed by atoms with E-state index in [0.29, 0.717) is 6.29 Å². The van der Waals surface area contributed by atoms with E-state index in [2.05, 4.69) is 15.6 Å². The summed E-state index contributed by atoms with van der Waals surface area (Å²) >= 11 is 0. The quantitative estimate of drug-likeness (QED) is 0.775. The maximum atomic E-state index is 11.9. The normalized spacial score (nSPS) is 13.2. The molecule has 0 radical (unpaired) electrons. The summed E-state index contributed by atoms with van der Waals surface area (Å²) in [6.45, 7) is 7.63. The van der Waals surface area contributed by atoms with Gasteiger partial charge >= 0.3 is 0 Å². The molecule has 0 aliphatic carbocycles. The van der Waals surface area contributed by atoms with Gasteiger partial charge in [0, 0.05) is 5.54 Å². The van der Waals surface area contributed by atoms with E-state index in [0.717, 1.165) is 6.42 Å². The third-order valence-corrected chi connectivity index (χ3v) is 2.77. The van der Waals surface area contributed by atoms with Gasteiger partial charge in [-0.1, -0.05) is 12.1 Å². The van der Waals surface area contributed by atoms with Gasteiger partial charge in [-0.3, -0.25) is 9.59 Å². The Labute approximate surface area is 100 Å². The highest BCUT2D eigenvalue weighted by molar-refractivity contribution is 5.80. The van der Waals surface area contributed by atoms with Crippen LogP contribution in [0.2, 0.25) is 0 Å². The van der Waals surface area contributed by atoms with Crippen molar-refractivity contribution < 1.29 is 9.59 Å². The molecule has 17 heavy (non-hydrogen) atoms. The second-order valence-corrected chi connectivity index (χ2v) is 4.64. The first-order chi connectivity index (χ1) is 7.89. The molecular formula is C11H18N4O2. The number of nitrogens with one attached hydrogen (secondary N) is 1. The number of rotatable bonds is 5. The van der Waals surface area contributed by atoms with Gasteiger partial charge in [0.1, 0.15) is 11.7 Å². The van der Waals surface area contributed by atoms with E-state index < -0.39 is 6.04 Å². The Kier molecular flexibility index (Phi) is 3.98. The fourth-order valence-electron chi connectivity index (χ4n) is 1.18. The molecule has 6 heteroatoms. The zero-order valence-corrected chi connectivity index (χ0v) is 10.6. The van der Waals surface area contributed by atoms with Crippen molar-refractivity contribution >= 4 is 12.2 Å². The molecule has 0 spiro atoms. The van der Waals surface area contributed by atoms with E-state index in [9.17, 15) is 9.59 Å². The number of carbonyl (C=O) groups excluding carboxylic acids is 2. The first-order valence-corrected chi connectivity index (χ1v) is 5.58. The Balaban J connectivity index is 2.73. The van der Waals surface area contributed by atoms with Crippen LogP contribution in [0.5, 0.6) is 0 Å². The number of hydrogen-bond acceptors (Lipinski definition) is 4. The van der Waals surface area contributed by atoms with Crippen LogP contribution < -0.4 is 5.32 Å². The Hall–Kier alpha value is -1.72. The number of amides is 1. The van der Waals surface area contributed by atoms with Crippen molar-refractivity contribution in [2.45, 2.75) is 45.7 Å². The second kappa shape index (κ2) is 5.07. The SMILES string of the molecule is CCC(C)(C)NC(=O)C(C)n1cc(C=O)nn1. The number of aldehydes is 1. The fraction of sp³-hybridized carbons (Fsp3) is 0.636. The van der Waals surface area contributed by atoms with Gasteiger partial charge in [-0.2, -0.15) is 0 Å². The van der Waals surface area contributed by atoms with Crippen LogP contribution in [0, 0.1) is 0 Å². The lowest BCUT2D eigenvalue weighted by molar-refractivity contribution is -0.125. The number of aromatic nitrogens is 3. The van der Waals surface area contributed by atoms with Gasteiger partial charge in [-0.25, -0.2) is 4.68 Å². The van der Waals surface area contributed by atoms with E-state index in [1.807, 2.05) is 20.8 Å². The molecule has 0 aliphatic heterocycles. The summed E-state index contributed by atoms with van der Waals surface area (Å²) in [5, 5.41) is 10.3. The highest BCUT2D eigenvalue weighted by Gasteiger charge is 2.23. The molecule has 0 bridgehead atoms. The molecule has 0 saturated heterocycles. The van der Waals surface area contributed by atoms with Crippen LogP contribution in [0.3, 0.4) is 0 Å². The molecule has 0 aromatic carbocycles. The average Bonchev–Trinajstić information content (AvgIpc) is 2.76. The number of nitrogens with zero attached hydrogens (tertiary/aromatic N) is 3. The molecule has 1 rings (SSSR count). The average molecular weight is 238 g/mol. The standard InChI is InChI=1S/C11H18N4O2/c1-5-11(3,4)12-10(17)8(2)15-6-9(7-16)13-14-15/h6-8H,5H2,1-4H3,(H,12,17). The molecule has 1 unspecified atom stereocenters. The van der Waals surface area contributed by atoms with Gasteiger partial charge in [0.15, 0.2) is 6.29 Å². The Morgan fingerprint density at radius 2 is 2.29 bits per heavy atom. The third kappa shape index (κ3) is 3.37. The van der Waals surface area contributed by atoms with Crippen molar-refractivity contribution in [2.75, 3.05) is 0 Å². The van der Waals surface area contributed by atoms with Crippen molar-refractivity contribution in [2.24, 2.45) is 0 Å². The highest BCUT2D eigenvalue weighted by atomic mass is 16.2. The smallest absolute Gasteiger partial charge is 0.245 e. The van der Waals surface area contributed by atoms with Crippen LogP contribution in [0.1, 0.15) is 50.6 Å². The summed E-state index contributed by atoms with van der Waals surface area (Å²) < 4.78 is 1.38. The molecule has 1 atom stereocenters. The molecule has 1 heterocycles. The second-order valence-electron chi connectivity index (χ2n) is 4.64. The first kappa shape index (κ1) is 13.3. The Morgan fingerprint density at radius 3 is 2.76 bits per heavy atom. The highest BCUT2D eigenvalue weighted by Crippen LogP contribution is 2.11. The first-order valence-electron chi connectivity index (χ1n) is 5.58. The number of carbonyl (C=O) groups is 2. The maximum absolute atomic E-state index is 11.9. The minimum absolute atomic E-state index is 0.140. The van der Waals surface area contributed by atoms with Crippen molar-refractivity contribution in [3.8, 4) is 0 Å². The van der Waals surface area contributed by atoms with Gasteiger partial charge in [0.2, 0.25) is 5.91 Å². The van der Waals surface area contributed by atoms with Crippen LogP contribution in [0.15, 0.2) is 6.20 Å². The minimum atomic E-state index is -0.484. The number of hydrogen-bond donors (Lipinski definition) is 1. The van der Waals surface area contributed by atoms with Gasteiger partial charge in [0.25, 0.3) is 0 Å². The largest absolute Gasteiger partial charge is 0.349 e. The molecule has 0 saturated carbocycles. The van der Waals surface area contributed by atoms with Gasteiger partial charge in [-0.15, -0.1) is 5.10 Å². The Morgan fingerprint density at radius 1 is 1.65 bits per heavy atom. The summed E-state index contributed by atoms with van der Waals surface area (Å²) in [7, 11) is 0. The molecular weight excluding hydrogens is 220 g/mol. The molecule has 1 aromatic heterocycles. The van der Waals surface area contributed by atoms with Crippen LogP contribution in [0.4, 0.5) is 0 Å². The van der Waals surface area contributed by atoms with E-state index in [1.165, 1.54) is 10.9 Å². The van der Waals surface area contributed by atoms with Crippen molar-refractivity contribution in [3.63, 3.8) is 0 Å². The molecule has 1 N–H and O–H groups in total. The third-order valence-electron chi connectivity index (χ3n) is 2.77. The van der Waals surface area contributed by atoms with Crippen LogP contribution >= 0.6 is 0 Å². The van der Waals surface area contributed by atoms with E-state index in [4.69, 9.17) is 0 Å². The lowest BCUT2D eigenvalue weighted by atomic mass is 10.0. The minimum Gasteiger partial charge on any atom is -0.349 e. The summed E-state index contributed by atoms with van der Waals surface area (Å²) in [6.07, 6.45) is 2.89. The summed E-state index contributed by atoms with van der Waals surface area (Å²) in [5.74, 6) is -0.140. The topological polar surface area (TPSA) is 76.9 Å². The van der Waals surface area contributed by atoms with Crippen molar-refractivity contribution in [3.05, 3.63) is 11.9 Å². The lowest BCUT2D eigenvalue weighted by Crippen LogP contribution is -2.45. The lowest BCUT2D eigenvalue weighted by Gasteiger charge is -2.26. The summed E-state index contributed by atoms with van der Waals surface area (Å²) in [6, 6.07) is -0.484.